The maximum Gasteiger partial charge on any atom is 0.253 e. The average molecular weight is 606 g/mol. The Hall–Kier alpha value is -3.46. The molecule has 0 aromatic heterocycles. The van der Waals surface area contributed by atoms with E-state index in [-0.39, 0.29) is 36.8 Å². The second kappa shape index (κ2) is 11.9. The van der Waals surface area contributed by atoms with Gasteiger partial charge in [0.1, 0.15) is 11.6 Å². The Morgan fingerprint density at radius 2 is 1.77 bits per heavy atom. The molecule has 2 aromatic rings. The second-order valence-corrected chi connectivity index (χ2v) is 12.6. The van der Waals surface area contributed by atoms with Crippen LogP contribution in [0.2, 0.25) is 5.02 Å². The predicted molar refractivity (Wildman–Crippen MR) is 166 cm³/mol. The van der Waals surface area contributed by atoms with E-state index in [0.29, 0.717) is 30.2 Å². The number of fused-ring (bicyclic) bond motifs is 1. The highest BCUT2D eigenvalue weighted by molar-refractivity contribution is 6.34. The van der Waals surface area contributed by atoms with Crippen LogP contribution >= 0.6 is 11.6 Å². The van der Waals surface area contributed by atoms with Crippen LogP contribution in [0.1, 0.15) is 32.8 Å². The quantitative estimate of drug-likeness (QED) is 0.382. The fourth-order valence-corrected chi connectivity index (χ4v) is 7.78. The Morgan fingerprint density at radius 1 is 1.12 bits per heavy atom. The van der Waals surface area contributed by atoms with Crippen LogP contribution in [0.5, 0.6) is 0 Å². The highest BCUT2D eigenvalue weighted by Crippen LogP contribution is 2.66. The van der Waals surface area contributed by atoms with Crippen LogP contribution in [-0.4, -0.2) is 75.6 Å². The van der Waals surface area contributed by atoms with Gasteiger partial charge in [-0.05, 0) is 43.9 Å². The molecule has 43 heavy (non-hydrogen) atoms. The lowest BCUT2D eigenvalue weighted by molar-refractivity contribution is -0.153. The van der Waals surface area contributed by atoms with Crippen molar-refractivity contribution in [2.24, 2.45) is 17.8 Å². The molecule has 228 valence electrons. The predicted octanol–water partition coefficient (Wildman–Crippen LogP) is 4.47. The summed E-state index contributed by atoms with van der Waals surface area (Å²) in [6.07, 6.45) is 3.70. The largest absolute Gasteiger partial charge is 0.394 e. The van der Waals surface area contributed by atoms with Gasteiger partial charge in [-0.1, -0.05) is 73.1 Å². The van der Waals surface area contributed by atoms with Crippen molar-refractivity contribution in [2.75, 3.05) is 24.6 Å². The lowest BCUT2D eigenvalue weighted by Crippen LogP contribution is -2.58. The fourth-order valence-electron chi connectivity index (χ4n) is 7.54. The van der Waals surface area contributed by atoms with Crippen molar-refractivity contribution < 1.29 is 24.2 Å². The van der Waals surface area contributed by atoms with Gasteiger partial charge in [0, 0.05) is 19.6 Å². The van der Waals surface area contributed by atoms with Crippen LogP contribution in [0.4, 0.5) is 5.69 Å². The Balaban J connectivity index is 1.61. The number of aliphatic hydroxyl groups excluding tert-OH is 1. The van der Waals surface area contributed by atoms with E-state index in [1.54, 1.807) is 48.2 Å². The molecule has 0 radical (unpaired) electrons. The molecule has 3 aliphatic heterocycles. The van der Waals surface area contributed by atoms with E-state index in [4.69, 9.17) is 16.3 Å². The number of para-hydroxylation sites is 1. The molecule has 7 atom stereocenters. The summed E-state index contributed by atoms with van der Waals surface area (Å²) in [6, 6.07) is 14.9. The molecule has 3 fully saturated rings. The molecule has 8 nitrogen and oxygen atoms in total. The molecule has 2 aromatic carbocycles. The molecule has 1 spiro atoms. The molecular formula is C34H40ClN3O5. The summed E-state index contributed by atoms with van der Waals surface area (Å²) < 4.78 is 6.90. The number of aliphatic hydroxyl groups is 1. The van der Waals surface area contributed by atoms with E-state index in [9.17, 15) is 19.5 Å². The van der Waals surface area contributed by atoms with Crippen molar-refractivity contribution >= 4 is 35.0 Å². The summed E-state index contributed by atoms with van der Waals surface area (Å²) >= 11 is 6.55. The minimum atomic E-state index is -1.26. The van der Waals surface area contributed by atoms with Crippen molar-refractivity contribution in [3.05, 3.63) is 90.5 Å². The summed E-state index contributed by atoms with van der Waals surface area (Å²) in [5.41, 5.74) is -0.804. The zero-order valence-corrected chi connectivity index (χ0v) is 25.7. The highest BCUT2D eigenvalue weighted by Gasteiger charge is 2.80. The number of carbonyl (C=O) groups is 3. The molecule has 3 heterocycles. The molecule has 3 unspecified atom stereocenters. The van der Waals surface area contributed by atoms with Gasteiger partial charge >= 0.3 is 0 Å². The fraction of sp³-hybridized carbons (Fsp3) is 0.441. The van der Waals surface area contributed by atoms with E-state index >= 15 is 0 Å². The van der Waals surface area contributed by atoms with Gasteiger partial charge in [-0.2, -0.15) is 0 Å². The van der Waals surface area contributed by atoms with Crippen molar-refractivity contribution in [1.29, 1.82) is 0 Å². The van der Waals surface area contributed by atoms with Gasteiger partial charge in [0.05, 0.1) is 40.8 Å². The number of halogens is 1. The normalized spacial score (nSPS) is 29.7. The number of ether oxygens (including phenoxy) is 1. The maximum atomic E-state index is 14.7. The lowest BCUT2D eigenvalue weighted by Gasteiger charge is -2.39. The first-order chi connectivity index (χ1) is 20.5. The summed E-state index contributed by atoms with van der Waals surface area (Å²) in [4.78, 5) is 48.4. The van der Waals surface area contributed by atoms with Crippen LogP contribution in [0.25, 0.3) is 0 Å². The number of nitrogens with zero attached hydrogens (tertiary/aromatic N) is 3. The van der Waals surface area contributed by atoms with E-state index < -0.39 is 35.1 Å². The van der Waals surface area contributed by atoms with Crippen molar-refractivity contribution in [1.82, 2.24) is 9.80 Å². The standard InChI is InChI=1S/C34H40ClN3O5/c1-6-17-36(20-24-13-9-8-10-14-24)30(40)27-28-31(41)38(23(4)21-39)29(34(28)19-22(3)33(27,5)43-34)32(42)37(18-7-2)26-16-12-11-15-25(26)35/h6-16,22-23,27-29,39H,1-2,17-21H2,3-5H3/t22?,23-,27+,28+,29?,33-,34?/m1/s1. The molecule has 2 bridgehead atoms. The third-order valence-corrected chi connectivity index (χ3v) is 9.91. The molecular weight excluding hydrogens is 566 g/mol. The third-order valence-electron chi connectivity index (χ3n) is 9.59. The van der Waals surface area contributed by atoms with Crippen LogP contribution in [0.15, 0.2) is 79.9 Å². The first kappa shape index (κ1) is 31.0. The number of likely N-dealkylation sites (tertiary alicyclic amines) is 1. The number of carbonyl (C=O) groups excluding carboxylic acids is 3. The van der Waals surface area contributed by atoms with Gasteiger partial charge < -0.3 is 24.5 Å². The van der Waals surface area contributed by atoms with Gasteiger partial charge in [-0.3, -0.25) is 14.4 Å². The van der Waals surface area contributed by atoms with Crippen molar-refractivity contribution in [3.63, 3.8) is 0 Å². The number of amides is 3. The highest BCUT2D eigenvalue weighted by atomic mass is 35.5. The van der Waals surface area contributed by atoms with Gasteiger partial charge in [-0.15, -0.1) is 13.2 Å². The first-order valence-electron chi connectivity index (χ1n) is 14.8. The van der Waals surface area contributed by atoms with E-state index in [1.165, 1.54) is 9.80 Å². The zero-order chi connectivity index (χ0) is 31.1. The third kappa shape index (κ3) is 4.89. The van der Waals surface area contributed by atoms with Crippen LogP contribution in [0, 0.1) is 17.8 Å². The number of anilines is 1. The molecule has 0 aliphatic carbocycles. The van der Waals surface area contributed by atoms with Gasteiger partial charge in [0.25, 0.3) is 5.91 Å². The number of hydrogen-bond donors (Lipinski definition) is 1. The SMILES string of the molecule is C=CCN(Cc1ccccc1)C(=O)[C@@H]1[C@H]2C(=O)N([C@H](C)CO)C(C(=O)N(CC=C)c3ccccc3Cl)C23CC(C)[C@@]1(C)O3. The minimum Gasteiger partial charge on any atom is -0.394 e. The van der Waals surface area contributed by atoms with Gasteiger partial charge in [0.15, 0.2) is 0 Å². The molecule has 3 aliphatic rings. The van der Waals surface area contributed by atoms with Crippen LogP contribution in [0.3, 0.4) is 0 Å². The van der Waals surface area contributed by atoms with Crippen LogP contribution in [-0.2, 0) is 25.7 Å². The van der Waals surface area contributed by atoms with Crippen molar-refractivity contribution in [3.8, 4) is 0 Å². The van der Waals surface area contributed by atoms with Crippen molar-refractivity contribution in [2.45, 2.75) is 57.0 Å². The smallest absolute Gasteiger partial charge is 0.253 e. The second-order valence-electron chi connectivity index (χ2n) is 12.2. The molecule has 3 saturated heterocycles. The number of hydrogen-bond acceptors (Lipinski definition) is 5. The van der Waals surface area contributed by atoms with Gasteiger partial charge in [0.2, 0.25) is 11.8 Å². The lowest BCUT2D eigenvalue weighted by atomic mass is 9.62. The summed E-state index contributed by atoms with van der Waals surface area (Å²) in [6.45, 7) is 13.8. The minimum absolute atomic E-state index is 0.124. The van der Waals surface area contributed by atoms with E-state index in [0.717, 1.165) is 5.56 Å². The number of rotatable bonds is 11. The van der Waals surface area contributed by atoms with Gasteiger partial charge in [-0.25, -0.2) is 0 Å². The molecule has 9 heteroatoms. The Bertz CT molecular complexity index is 1420. The van der Waals surface area contributed by atoms with E-state index in [1.807, 2.05) is 44.2 Å². The first-order valence-corrected chi connectivity index (χ1v) is 15.2. The zero-order valence-electron chi connectivity index (χ0n) is 25.0. The van der Waals surface area contributed by atoms with E-state index in [2.05, 4.69) is 13.2 Å². The van der Waals surface area contributed by atoms with Crippen LogP contribution < -0.4 is 4.90 Å². The Labute approximate surface area is 258 Å². The molecule has 5 rings (SSSR count). The summed E-state index contributed by atoms with van der Waals surface area (Å²) in [5.74, 6) is -2.81. The monoisotopic (exact) mass is 605 g/mol. The Morgan fingerprint density at radius 3 is 2.40 bits per heavy atom. The summed E-state index contributed by atoms with van der Waals surface area (Å²) in [5, 5.41) is 10.6. The summed E-state index contributed by atoms with van der Waals surface area (Å²) in [7, 11) is 0. The molecule has 1 N–H and O–H groups in total. The number of benzene rings is 2. The average Bonchev–Trinajstić information content (AvgIpc) is 3.52. The molecule has 3 amide bonds. The molecule has 0 saturated carbocycles. The maximum absolute atomic E-state index is 14.7. The Kier molecular flexibility index (Phi) is 8.58. The topological polar surface area (TPSA) is 90.4 Å².